The number of rotatable bonds is 4. The van der Waals surface area contributed by atoms with E-state index in [9.17, 15) is 14.7 Å². The Morgan fingerprint density at radius 3 is 2.62 bits per heavy atom. The van der Waals surface area contributed by atoms with Crippen LogP contribution in [0.15, 0.2) is 48.5 Å². The van der Waals surface area contributed by atoms with Gasteiger partial charge in [0.25, 0.3) is 0 Å². The van der Waals surface area contributed by atoms with Gasteiger partial charge in [-0.15, -0.1) is 0 Å². The van der Waals surface area contributed by atoms with Gasteiger partial charge >= 0.3 is 5.97 Å². The van der Waals surface area contributed by atoms with Crippen molar-refractivity contribution < 1.29 is 19.4 Å². The van der Waals surface area contributed by atoms with Gasteiger partial charge in [0.1, 0.15) is 6.10 Å². The van der Waals surface area contributed by atoms with Gasteiger partial charge in [0.05, 0.1) is 31.2 Å². The molecule has 3 rings (SSSR count). The molecule has 0 aliphatic carbocycles. The molecule has 0 radical (unpaired) electrons. The molecule has 0 aromatic heterocycles. The van der Waals surface area contributed by atoms with Crippen LogP contribution in [0.1, 0.15) is 34.5 Å². The molecular weight excluding hydrogens is 354 g/mol. The van der Waals surface area contributed by atoms with Crippen LogP contribution in [0.3, 0.4) is 0 Å². The van der Waals surface area contributed by atoms with Gasteiger partial charge in [-0.25, -0.2) is 4.79 Å². The number of carbonyl (C=O) groups excluding carboxylic acids is 1. The Morgan fingerprint density at radius 2 is 1.88 bits per heavy atom. The third-order valence-electron chi connectivity index (χ3n) is 4.60. The fraction of sp³-hybridized carbons (Fsp3) is 0.300. The van der Waals surface area contributed by atoms with E-state index < -0.39 is 5.97 Å². The van der Waals surface area contributed by atoms with Gasteiger partial charge in [-0.05, 0) is 24.6 Å². The molecule has 1 aliphatic heterocycles. The first-order valence-corrected chi connectivity index (χ1v) is 8.82. The van der Waals surface area contributed by atoms with Crippen molar-refractivity contribution in [1.82, 2.24) is 4.90 Å². The monoisotopic (exact) mass is 373 g/mol. The Bertz CT molecular complexity index is 823. The number of carboxylic acids is 1. The van der Waals surface area contributed by atoms with Gasteiger partial charge in [0, 0.05) is 10.6 Å². The Labute approximate surface area is 157 Å². The van der Waals surface area contributed by atoms with Crippen LogP contribution in [-0.2, 0) is 16.0 Å². The molecule has 6 heteroatoms. The zero-order valence-corrected chi connectivity index (χ0v) is 15.1. The number of aromatic carboxylic acids is 1. The predicted molar refractivity (Wildman–Crippen MR) is 98.4 cm³/mol. The zero-order chi connectivity index (χ0) is 18.7. The summed E-state index contributed by atoms with van der Waals surface area (Å²) in [4.78, 5) is 26.0. The molecule has 0 bridgehead atoms. The summed E-state index contributed by atoms with van der Waals surface area (Å²) in [5, 5.41) is 9.91. The SMILES string of the molecule is CC1COC(c2ccccc2Cl)CN1C(=O)Cc1ccccc1C(=O)O. The molecule has 1 amide bonds. The van der Waals surface area contributed by atoms with Crippen LogP contribution in [0, 0.1) is 0 Å². The fourth-order valence-corrected chi connectivity index (χ4v) is 3.43. The number of halogens is 1. The quantitative estimate of drug-likeness (QED) is 0.889. The molecule has 2 unspecified atom stereocenters. The van der Waals surface area contributed by atoms with E-state index in [1.165, 1.54) is 6.07 Å². The van der Waals surface area contributed by atoms with Crippen LogP contribution in [0.25, 0.3) is 0 Å². The number of ether oxygens (including phenoxy) is 1. The summed E-state index contributed by atoms with van der Waals surface area (Å²) < 4.78 is 5.88. The zero-order valence-electron chi connectivity index (χ0n) is 14.4. The van der Waals surface area contributed by atoms with Crippen molar-refractivity contribution in [1.29, 1.82) is 0 Å². The molecule has 0 saturated carbocycles. The van der Waals surface area contributed by atoms with E-state index in [0.717, 1.165) is 5.56 Å². The minimum Gasteiger partial charge on any atom is -0.478 e. The van der Waals surface area contributed by atoms with Crippen molar-refractivity contribution in [2.45, 2.75) is 25.5 Å². The molecule has 1 N–H and O–H groups in total. The molecular formula is C20H20ClNO4. The lowest BCUT2D eigenvalue weighted by Crippen LogP contribution is -2.48. The van der Waals surface area contributed by atoms with Gasteiger partial charge in [0.2, 0.25) is 5.91 Å². The van der Waals surface area contributed by atoms with Crippen molar-refractivity contribution in [3.8, 4) is 0 Å². The van der Waals surface area contributed by atoms with Crippen molar-refractivity contribution in [3.63, 3.8) is 0 Å². The highest BCUT2D eigenvalue weighted by atomic mass is 35.5. The smallest absolute Gasteiger partial charge is 0.335 e. The maximum Gasteiger partial charge on any atom is 0.335 e. The first-order chi connectivity index (χ1) is 12.5. The summed E-state index contributed by atoms with van der Waals surface area (Å²) in [5.41, 5.74) is 1.52. The number of morpholine rings is 1. The van der Waals surface area contributed by atoms with E-state index in [1.54, 1.807) is 29.2 Å². The summed E-state index contributed by atoms with van der Waals surface area (Å²) >= 11 is 6.26. The number of amides is 1. The van der Waals surface area contributed by atoms with Crippen molar-refractivity contribution in [2.24, 2.45) is 0 Å². The molecule has 1 saturated heterocycles. The summed E-state index contributed by atoms with van der Waals surface area (Å²) in [6, 6.07) is 13.9. The second kappa shape index (κ2) is 7.89. The van der Waals surface area contributed by atoms with Gasteiger partial charge in [0.15, 0.2) is 0 Å². The second-order valence-electron chi connectivity index (χ2n) is 6.38. The number of hydrogen-bond donors (Lipinski definition) is 1. The van der Waals surface area contributed by atoms with Gasteiger partial charge in [-0.2, -0.15) is 0 Å². The first-order valence-electron chi connectivity index (χ1n) is 8.44. The maximum atomic E-state index is 12.9. The molecule has 2 aromatic carbocycles. The lowest BCUT2D eigenvalue weighted by Gasteiger charge is -2.38. The summed E-state index contributed by atoms with van der Waals surface area (Å²) in [6.07, 6.45) is -0.249. The summed E-state index contributed by atoms with van der Waals surface area (Å²) in [6.45, 7) is 2.71. The van der Waals surface area contributed by atoms with E-state index in [2.05, 4.69) is 0 Å². The van der Waals surface area contributed by atoms with Crippen LogP contribution >= 0.6 is 11.6 Å². The number of hydrogen-bond acceptors (Lipinski definition) is 3. The Balaban J connectivity index is 1.78. The Hall–Kier alpha value is -2.37. The average Bonchev–Trinajstić information content (AvgIpc) is 2.63. The van der Waals surface area contributed by atoms with Gasteiger partial charge in [-0.3, -0.25) is 4.79 Å². The second-order valence-corrected chi connectivity index (χ2v) is 6.78. The lowest BCUT2D eigenvalue weighted by atomic mass is 10.0. The minimum atomic E-state index is -1.03. The summed E-state index contributed by atoms with van der Waals surface area (Å²) in [5.74, 6) is -1.15. The molecule has 1 fully saturated rings. The van der Waals surface area contributed by atoms with Gasteiger partial charge in [-0.1, -0.05) is 48.0 Å². The lowest BCUT2D eigenvalue weighted by molar-refractivity contribution is -0.143. The minimum absolute atomic E-state index is 0.0437. The highest BCUT2D eigenvalue weighted by Crippen LogP contribution is 2.30. The third kappa shape index (κ3) is 3.89. The van der Waals surface area contributed by atoms with Crippen LogP contribution in [0.5, 0.6) is 0 Å². The molecule has 2 aromatic rings. The normalized spacial score (nSPS) is 20.0. The summed E-state index contributed by atoms with van der Waals surface area (Å²) in [7, 11) is 0. The first kappa shape index (κ1) is 18.4. The van der Waals surface area contributed by atoms with Crippen LogP contribution in [0.2, 0.25) is 5.02 Å². The highest BCUT2D eigenvalue weighted by molar-refractivity contribution is 6.31. The molecule has 136 valence electrons. The highest BCUT2D eigenvalue weighted by Gasteiger charge is 2.31. The maximum absolute atomic E-state index is 12.9. The number of nitrogens with zero attached hydrogens (tertiary/aromatic N) is 1. The number of carbonyl (C=O) groups is 2. The van der Waals surface area contributed by atoms with Crippen LogP contribution in [-0.4, -0.2) is 41.1 Å². The number of carboxylic acid groups (broad SMARTS) is 1. The average molecular weight is 374 g/mol. The molecule has 0 spiro atoms. The third-order valence-corrected chi connectivity index (χ3v) is 4.94. The molecule has 2 atom stereocenters. The largest absolute Gasteiger partial charge is 0.478 e. The van der Waals surface area contributed by atoms with Crippen LogP contribution in [0.4, 0.5) is 0 Å². The van der Waals surface area contributed by atoms with Crippen molar-refractivity contribution >= 4 is 23.5 Å². The van der Waals surface area contributed by atoms with E-state index in [1.807, 2.05) is 25.1 Å². The van der Waals surface area contributed by atoms with E-state index in [4.69, 9.17) is 16.3 Å². The van der Waals surface area contributed by atoms with Crippen molar-refractivity contribution in [3.05, 3.63) is 70.2 Å². The Morgan fingerprint density at radius 1 is 1.19 bits per heavy atom. The Kier molecular flexibility index (Phi) is 5.59. The molecule has 1 aliphatic rings. The van der Waals surface area contributed by atoms with Gasteiger partial charge < -0.3 is 14.7 Å². The standard InChI is InChI=1S/C20H20ClNO4/c1-13-12-26-18(16-8-4-5-9-17(16)21)11-22(13)19(23)10-14-6-2-3-7-15(14)20(24)25/h2-9,13,18H,10-12H2,1H3,(H,24,25). The predicted octanol–water partition coefficient (Wildman–Crippen LogP) is 3.57. The van der Waals surface area contributed by atoms with Crippen LogP contribution < -0.4 is 0 Å². The molecule has 5 nitrogen and oxygen atoms in total. The fourth-order valence-electron chi connectivity index (χ4n) is 3.18. The van der Waals surface area contributed by atoms with E-state index >= 15 is 0 Å². The number of benzene rings is 2. The molecule has 26 heavy (non-hydrogen) atoms. The van der Waals surface area contributed by atoms with Crippen molar-refractivity contribution in [2.75, 3.05) is 13.2 Å². The van der Waals surface area contributed by atoms with E-state index in [-0.39, 0.29) is 30.0 Å². The molecule has 1 heterocycles. The van der Waals surface area contributed by atoms with E-state index in [0.29, 0.717) is 23.7 Å². The topological polar surface area (TPSA) is 66.8 Å².